The summed E-state index contributed by atoms with van der Waals surface area (Å²) >= 11 is 0. The van der Waals surface area contributed by atoms with Gasteiger partial charge in [0.25, 0.3) is 5.91 Å². The van der Waals surface area contributed by atoms with Crippen LogP contribution >= 0.6 is 0 Å². The Kier molecular flexibility index (Phi) is 7.92. The molecular formula is C25H28F3N3O2. The number of oxazole rings is 1. The first-order chi connectivity index (χ1) is 15.6. The molecule has 0 spiro atoms. The summed E-state index contributed by atoms with van der Waals surface area (Å²) in [5.41, 5.74) is 0.586. The number of hydrogen-bond acceptors (Lipinski definition) is 4. The molecule has 1 N–H and O–H groups in total. The number of halogens is 3. The second kappa shape index (κ2) is 10.7. The van der Waals surface area contributed by atoms with Crippen LogP contribution in [0.1, 0.15) is 59.9 Å². The molecule has 33 heavy (non-hydrogen) atoms. The molecule has 0 unspecified atom stereocenters. The minimum atomic E-state index is -4.46. The van der Waals surface area contributed by atoms with Crippen molar-refractivity contribution < 1.29 is 22.4 Å². The summed E-state index contributed by atoms with van der Waals surface area (Å²) in [6.45, 7) is 6.56. The number of hydrogen-bond donors (Lipinski definition) is 1. The maximum Gasteiger partial charge on any atom is 0.416 e. The van der Waals surface area contributed by atoms with Crippen LogP contribution in [0.2, 0.25) is 0 Å². The Morgan fingerprint density at radius 1 is 1.03 bits per heavy atom. The van der Waals surface area contributed by atoms with E-state index in [1.165, 1.54) is 18.4 Å². The van der Waals surface area contributed by atoms with Gasteiger partial charge in [0, 0.05) is 19.1 Å². The highest BCUT2D eigenvalue weighted by atomic mass is 19.4. The molecule has 0 saturated carbocycles. The first-order valence-corrected chi connectivity index (χ1v) is 10.8. The van der Waals surface area contributed by atoms with Gasteiger partial charge in [-0.05, 0) is 30.0 Å². The molecule has 1 aromatic heterocycles. The van der Waals surface area contributed by atoms with Gasteiger partial charge >= 0.3 is 6.18 Å². The zero-order valence-corrected chi connectivity index (χ0v) is 18.9. The summed E-state index contributed by atoms with van der Waals surface area (Å²) < 4.78 is 46.2. The molecular weight excluding hydrogens is 431 g/mol. The summed E-state index contributed by atoms with van der Waals surface area (Å²) in [7, 11) is 0. The lowest BCUT2D eigenvalue weighted by atomic mass is 10.0. The normalized spacial score (nSPS) is 12.8. The first kappa shape index (κ1) is 24.5. The number of carbonyl (C=O) groups is 1. The zero-order chi connectivity index (χ0) is 24.0. The number of alkyl halides is 3. The number of nitrogens with zero attached hydrogens (tertiary/aromatic N) is 2. The summed E-state index contributed by atoms with van der Waals surface area (Å²) in [5.74, 6) is 0.206. The van der Waals surface area contributed by atoms with Crippen LogP contribution in [0.15, 0.2) is 65.3 Å². The van der Waals surface area contributed by atoms with E-state index in [1.54, 1.807) is 6.07 Å². The Bertz CT molecular complexity index is 1050. The summed E-state index contributed by atoms with van der Waals surface area (Å²) in [6, 6.07) is 14.8. The Morgan fingerprint density at radius 3 is 2.36 bits per heavy atom. The monoisotopic (exact) mass is 459 g/mol. The van der Waals surface area contributed by atoms with Crippen molar-refractivity contribution in [2.24, 2.45) is 5.92 Å². The van der Waals surface area contributed by atoms with Crippen molar-refractivity contribution in [1.82, 2.24) is 15.2 Å². The van der Waals surface area contributed by atoms with Crippen LogP contribution in [-0.4, -0.2) is 22.3 Å². The SMILES string of the molecule is CC(C)CNC(=O)c1coc(CN(Cc2ccccc2C(F)(F)F)[C@H](C)c2ccccc2)n1. The minimum Gasteiger partial charge on any atom is -0.447 e. The number of nitrogens with one attached hydrogen (secondary N) is 1. The molecule has 1 atom stereocenters. The Balaban J connectivity index is 1.86. The lowest BCUT2D eigenvalue weighted by Crippen LogP contribution is -2.28. The van der Waals surface area contributed by atoms with Crippen LogP contribution < -0.4 is 5.32 Å². The highest BCUT2D eigenvalue weighted by Gasteiger charge is 2.34. The number of aromatic nitrogens is 1. The van der Waals surface area contributed by atoms with Crippen LogP contribution in [0.25, 0.3) is 0 Å². The van der Waals surface area contributed by atoms with Crippen molar-refractivity contribution in [3.05, 3.63) is 89.1 Å². The number of carbonyl (C=O) groups excluding carboxylic acids is 1. The molecule has 5 nitrogen and oxygen atoms in total. The molecule has 0 bridgehead atoms. The smallest absolute Gasteiger partial charge is 0.416 e. The molecule has 0 fully saturated rings. The molecule has 1 amide bonds. The molecule has 3 rings (SSSR count). The van der Waals surface area contributed by atoms with Gasteiger partial charge in [-0.1, -0.05) is 62.4 Å². The van der Waals surface area contributed by atoms with Gasteiger partial charge in [0.15, 0.2) is 5.69 Å². The number of rotatable bonds is 9. The predicted molar refractivity (Wildman–Crippen MR) is 119 cm³/mol. The molecule has 3 aromatic rings. The fourth-order valence-electron chi connectivity index (χ4n) is 3.47. The highest BCUT2D eigenvalue weighted by molar-refractivity contribution is 5.91. The van der Waals surface area contributed by atoms with E-state index in [9.17, 15) is 18.0 Å². The highest BCUT2D eigenvalue weighted by Crippen LogP contribution is 2.34. The maximum absolute atomic E-state index is 13.6. The van der Waals surface area contributed by atoms with E-state index >= 15 is 0 Å². The Labute approximate surface area is 191 Å². The van der Waals surface area contributed by atoms with Gasteiger partial charge in [0.2, 0.25) is 5.89 Å². The van der Waals surface area contributed by atoms with Gasteiger partial charge in [-0.15, -0.1) is 0 Å². The molecule has 0 aliphatic rings. The fraction of sp³-hybridized carbons (Fsp3) is 0.360. The topological polar surface area (TPSA) is 58.4 Å². The van der Waals surface area contributed by atoms with E-state index in [2.05, 4.69) is 10.3 Å². The molecule has 0 aliphatic heterocycles. The quantitative estimate of drug-likeness (QED) is 0.437. The van der Waals surface area contributed by atoms with Crippen LogP contribution in [0.3, 0.4) is 0 Å². The minimum absolute atomic E-state index is 0.0308. The van der Waals surface area contributed by atoms with Crippen molar-refractivity contribution in [1.29, 1.82) is 0 Å². The van der Waals surface area contributed by atoms with Crippen LogP contribution in [0.5, 0.6) is 0 Å². The maximum atomic E-state index is 13.6. The van der Waals surface area contributed by atoms with Crippen molar-refractivity contribution in [2.75, 3.05) is 6.54 Å². The van der Waals surface area contributed by atoms with Gasteiger partial charge in [-0.2, -0.15) is 13.2 Å². The second-order valence-corrected chi connectivity index (χ2v) is 8.38. The summed E-state index contributed by atoms with van der Waals surface area (Å²) in [5, 5.41) is 2.78. The van der Waals surface area contributed by atoms with E-state index in [-0.39, 0.29) is 48.1 Å². The van der Waals surface area contributed by atoms with Crippen molar-refractivity contribution in [3.63, 3.8) is 0 Å². The van der Waals surface area contributed by atoms with Crippen LogP contribution in [-0.2, 0) is 19.3 Å². The zero-order valence-electron chi connectivity index (χ0n) is 18.9. The predicted octanol–water partition coefficient (Wildman–Crippen LogP) is 5.84. The van der Waals surface area contributed by atoms with Crippen LogP contribution in [0.4, 0.5) is 13.2 Å². The molecule has 176 valence electrons. The average molecular weight is 460 g/mol. The van der Waals surface area contributed by atoms with E-state index in [4.69, 9.17) is 4.42 Å². The van der Waals surface area contributed by atoms with Gasteiger partial charge in [0.1, 0.15) is 6.26 Å². The lowest BCUT2D eigenvalue weighted by Gasteiger charge is -2.29. The van der Waals surface area contributed by atoms with Gasteiger partial charge < -0.3 is 9.73 Å². The van der Waals surface area contributed by atoms with Gasteiger partial charge in [-0.3, -0.25) is 9.69 Å². The third kappa shape index (κ3) is 6.68. The van der Waals surface area contributed by atoms with Crippen molar-refractivity contribution in [2.45, 2.75) is 46.1 Å². The number of benzene rings is 2. The Morgan fingerprint density at radius 2 is 1.70 bits per heavy atom. The average Bonchev–Trinajstić information content (AvgIpc) is 3.25. The van der Waals surface area contributed by atoms with E-state index < -0.39 is 11.7 Å². The van der Waals surface area contributed by atoms with E-state index in [0.717, 1.165) is 11.6 Å². The summed E-state index contributed by atoms with van der Waals surface area (Å²) in [4.78, 5) is 18.4. The standard InChI is InChI=1S/C25H28F3N3O2/c1-17(2)13-29-24(32)22-16-33-23(30-22)15-31(18(3)19-9-5-4-6-10-19)14-20-11-7-8-12-21(20)25(26,27)28/h4-12,16-18H,13-15H2,1-3H3,(H,29,32)/t18-/m1/s1. The van der Waals surface area contributed by atoms with Crippen LogP contribution in [0, 0.1) is 5.92 Å². The third-order valence-corrected chi connectivity index (χ3v) is 5.32. The van der Waals surface area contributed by atoms with E-state index in [1.807, 2.05) is 56.0 Å². The molecule has 0 saturated heterocycles. The van der Waals surface area contributed by atoms with Crippen molar-refractivity contribution in [3.8, 4) is 0 Å². The van der Waals surface area contributed by atoms with Gasteiger partial charge in [-0.25, -0.2) is 4.98 Å². The second-order valence-electron chi connectivity index (χ2n) is 8.38. The lowest BCUT2D eigenvalue weighted by molar-refractivity contribution is -0.138. The van der Waals surface area contributed by atoms with Crippen molar-refractivity contribution >= 4 is 5.91 Å². The summed E-state index contributed by atoms with van der Waals surface area (Å²) in [6.07, 6.45) is -3.18. The molecule has 1 heterocycles. The third-order valence-electron chi connectivity index (χ3n) is 5.32. The molecule has 0 aliphatic carbocycles. The Hall–Kier alpha value is -3.13. The first-order valence-electron chi connectivity index (χ1n) is 10.8. The molecule has 2 aromatic carbocycles. The van der Waals surface area contributed by atoms with Gasteiger partial charge in [0.05, 0.1) is 12.1 Å². The fourth-order valence-corrected chi connectivity index (χ4v) is 3.47. The molecule has 0 radical (unpaired) electrons. The van der Waals surface area contributed by atoms with E-state index in [0.29, 0.717) is 6.54 Å². The largest absolute Gasteiger partial charge is 0.447 e. The molecule has 8 heteroatoms. The number of amides is 1.